The second-order valence-electron chi connectivity index (χ2n) is 3.89. The van der Waals surface area contributed by atoms with Crippen LogP contribution in [0.25, 0.3) is 0 Å². The third kappa shape index (κ3) is 2.72. The van der Waals surface area contributed by atoms with E-state index in [0.717, 1.165) is 12.3 Å². The number of hydrogen-bond acceptors (Lipinski definition) is 10. The molecule has 0 aliphatic carbocycles. The predicted octanol–water partition coefficient (Wildman–Crippen LogP) is -3.26. The van der Waals surface area contributed by atoms with Crippen molar-refractivity contribution in [1.29, 1.82) is 0 Å². The van der Waals surface area contributed by atoms with E-state index in [1.54, 1.807) is 0 Å². The molecule has 10 heteroatoms. The van der Waals surface area contributed by atoms with Crippen molar-refractivity contribution < 1.29 is 39.5 Å². The van der Waals surface area contributed by atoms with Gasteiger partial charge in [0.2, 0.25) is 5.88 Å². The largest absolute Gasteiger partial charge is 0.405 e. The lowest BCUT2D eigenvalue weighted by molar-refractivity contribution is -0.169. The fourth-order valence-corrected chi connectivity index (χ4v) is 1.40. The van der Waals surface area contributed by atoms with Gasteiger partial charge in [0.05, 0.1) is 0 Å². The van der Waals surface area contributed by atoms with E-state index in [2.05, 4.69) is 19.4 Å². The van der Waals surface area contributed by atoms with Gasteiger partial charge in [0.25, 0.3) is 0 Å². The van der Waals surface area contributed by atoms with Gasteiger partial charge in [-0.1, -0.05) is 0 Å². The van der Waals surface area contributed by atoms with Crippen LogP contribution in [0.5, 0.6) is 11.9 Å². The molecule has 0 radical (unpaired) electrons. The fourth-order valence-electron chi connectivity index (χ4n) is 1.40. The van der Waals surface area contributed by atoms with Gasteiger partial charge in [-0.3, -0.25) is 0 Å². The maximum absolute atomic E-state index is 11.5. The van der Waals surface area contributed by atoms with Crippen LogP contribution < -0.4 is 9.47 Å². The minimum Gasteiger partial charge on any atom is -0.405 e. The zero-order chi connectivity index (χ0) is 14.9. The van der Waals surface area contributed by atoms with Gasteiger partial charge in [-0.2, -0.15) is 4.98 Å². The van der Waals surface area contributed by atoms with Crippen LogP contribution in [0.4, 0.5) is 0 Å². The smallest absolute Gasteiger partial charge is 0.345 e. The number of carbonyl (C=O) groups excluding carboxylic acids is 2. The Labute approximate surface area is 111 Å². The van der Waals surface area contributed by atoms with E-state index in [4.69, 9.17) is 0 Å². The average Bonchev–Trinajstić information content (AvgIpc) is 2.43. The molecule has 20 heavy (non-hydrogen) atoms. The summed E-state index contributed by atoms with van der Waals surface area (Å²) in [5.74, 6) is -3.04. The number of aromatic nitrogens is 2. The van der Waals surface area contributed by atoms with Gasteiger partial charge in [-0.25, -0.2) is 14.6 Å². The normalized spacial score (nSPS) is 31.0. The van der Waals surface area contributed by atoms with Crippen molar-refractivity contribution >= 4 is 11.9 Å². The zero-order valence-electron chi connectivity index (χ0n) is 9.78. The van der Waals surface area contributed by atoms with E-state index in [1.807, 2.05) is 0 Å². The first-order chi connectivity index (χ1) is 9.40. The highest BCUT2D eigenvalue weighted by atomic mass is 16.6. The number of nitrogens with zero attached hydrogens (tertiary/aromatic N) is 2. The molecule has 4 unspecified atom stereocenters. The molecule has 0 aromatic carbocycles. The Morgan fingerprint density at radius 1 is 0.950 bits per heavy atom. The second-order valence-corrected chi connectivity index (χ2v) is 3.89. The molecule has 1 aliphatic rings. The van der Waals surface area contributed by atoms with Crippen LogP contribution in [-0.2, 0) is 9.59 Å². The minimum atomic E-state index is -2.21. The van der Waals surface area contributed by atoms with E-state index in [9.17, 15) is 30.0 Å². The van der Waals surface area contributed by atoms with Gasteiger partial charge in [-0.15, -0.1) is 0 Å². The van der Waals surface area contributed by atoms with Crippen LogP contribution in [0.3, 0.4) is 0 Å². The summed E-state index contributed by atoms with van der Waals surface area (Å²) in [4.78, 5) is 30.0. The Hall–Kier alpha value is -2.14. The number of ether oxygens (including phenoxy) is 2. The maximum atomic E-state index is 11.5. The summed E-state index contributed by atoms with van der Waals surface area (Å²) in [6.45, 7) is 0. The Morgan fingerprint density at radius 2 is 1.50 bits per heavy atom. The number of hydrogen-bond donors (Lipinski definition) is 4. The highest BCUT2D eigenvalue weighted by Gasteiger charge is 2.40. The highest BCUT2D eigenvalue weighted by molar-refractivity contribution is 5.79. The van der Waals surface area contributed by atoms with Crippen molar-refractivity contribution in [3.63, 3.8) is 0 Å². The summed E-state index contributed by atoms with van der Waals surface area (Å²) >= 11 is 0. The standard InChI is InChI=1S/C10H10N2O8/c13-4-5(14)7(16)9(18)20-10-11-2-1-3(12-10)19-8(17)6(4)15/h1-2,4-7,13-16H. The van der Waals surface area contributed by atoms with Crippen molar-refractivity contribution in [2.75, 3.05) is 0 Å². The highest BCUT2D eigenvalue weighted by Crippen LogP contribution is 2.16. The Morgan fingerprint density at radius 3 is 2.10 bits per heavy atom. The lowest BCUT2D eigenvalue weighted by Crippen LogP contribution is -2.51. The molecular formula is C10H10N2O8. The topological polar surface area (TPSA) is 159 Å². The summed E-state index contributed by atoms with van der Waals surface area (Å²) in [5.41, 5.74) is 0. The lowest BCUT2D eigenvalue weighted by Gasteiger charge is -2.23. The summed E-state index contributed by atoms with van der Waals surface area (Å²) < 4.78 is 9.14. The van der Waals surface area contributed by atoms with Crippen molar-refractivity contribution in [1.82, 2.24) is 9.97 Å². The van der Waals surface area contributed by atoms with Crippen LogP contribution >= 0.6 is 0 Å². The predicted molar refractivity (Wildman–Crippen MR) is 57.3 cm³/mol. The first-order valence-corrected chi connectivity index (χ1v) is 5.39. The maximum Gasteiger partial charge on any atom is 0.345 e. The number of aliphatic hydroxyl groups is 4. The first-order valence-electron chi connectivity index (χ1n) is 5.39. The van der Waals surface area contributed by atoms with E-state index in [1.165, 1.54) is 0 Å². The molecule has 4 N–H and O–H groups in total. The SMILES string of the molecule is O=C1Oc2ccnc(n2)OC(=O)C(O)C(O)C(O)C1O. The fraction of sp³-hybridized carbons (Fsp3) is 0.400. The molecule has 10 nitrogen and oxygen atoms in total. The number of esters is 2. The van der Waals surface area contributed by atoms with Crippen LogP contribution in [0.2, 0.25) is 0 Å². The molecule has 2 rings (SSSR count). The van der Waals surface area contributed by atoms with Gasteiger partial charge in [-0.05, 0) is 0 Å². The molecule has 2 bridgehead atoms. The van der Waals surface area contributed by atoms with Crippen molar-refractivity contribution in [2.45, 2.75) is 24.4 Å². The molecule has 0 saturated carbocycles. The number of aliphatic hydroxyl groups excluding tert-OH is 4. The van der Waals surface area contributed by atoms with Gasteiger partial charge in [0, 0.05) is 12.3 Å². The number of carbonyl (C=O) groups is 2. The lowest BCUT2D eigenvalue weighted by atomic mass is 10.0. The summed E-state index contributed by atoms with van der Waals surface area (Å²) in [7, 11) is 0. The van der Waals surface area contributed by atoms with Crippen molar-refractivity contribution in [3.8, 4) is 11.9 Å². The third-order valence-corrected chi connectivity index (χ3v) is 2.48. The van der Waals surface area contributed by atoms with Gasteiger partial charge in [0.15, 0.2) is 12.2 Å². The molecule has 4 atom stereocenters. The van der Waals surface area contributed by atoms with E-state index in [0.29, 0.717) is 0 Å². The summed E-state index contributed by atoms with van der Waals surface area (Å²) in [6, 6.07) is 0.608. The van der Waals surface area contributed by atoms with Gasteiger partial charge < -0.3 is 29.9 Å². The molecule has 108 valence electrons. The molecule has 0 amide bonds. The molecule has 0 fully saturated rings. The van der Waals surface area contributed by atoms with Crippen LogP contribution in [0.1, 0.15) is 0 Å². The molecule has 2 heterocycles. The Bertz CT molecular complexity index is 492. The summed E-state index contributed by atoms with van der Waals surface area (Å²) in [5, 5.41) is 37.9. The number of fused-ring (bicyclic) bond motifs is 2. The zero-order valence-corrected chi connectivity index (χ0v) is 9.78. The minimum absolute atomic E-state index is 0.343. The van der Waals surface area contributed by atoms with Crippen molar-refractivity contribution in [3.05, 3.63) is 12.3 Å². The number of rotatable bonds is 0. The van der Waals surface area contributed by atoms with E-state index >= 15 is 0 Å². The molecule has 1 aliphatic heterocycles. The molecule has 0 spiro atoms. The molecule has 0 saturated heterocycles. The Balaban J connectivity index is 2.39. The van der Waals surface area contributed by atoms with E-state index in [-0.39, 0.29) is 5.88 Å². The molecular weight excluding hydrogens is 276 g/mol. The summed E-state index contributed by atoms with van der Waals surface area (Å²) in [6.07, 6.45) is -7.63. The van der Waals surface area contributed by atoms with Crippen LogP contribution in [-0.4, -0.2) is 66.7 Å². The van der Waals surface area contributed by atoms with E-state index < -0.39 is 42.4 Å². The van der Waals surface area contributed by atoms with Crippen molar-refractivity contribution in [2.24, 2.45) is 0 Å². The van der Waals surface area contributed by atoms with Crippen LogP contribution in [0.15, 0.2) is 12.3 Å². The third-order valence-electron chi connectivity index (χ3n) is 2.48. The first kappa shape index (κ1) is 14.3. The second kappa shape index (κ2) is 5.46. The average molecular weight is 286 g/mol. The Kier molecular flexibility index (Phi) is 3.90. The van der Waals surface area contributed by atoms with Gasteiger partial charge >= 0.3 is 17.9 Å². The quantitative estimate of drug-likeness (QED) is 0.356. The van der Waals surface area contributed by atoms with Crippen LogP contribution in [0, 0.1) is 0 Å². The van der Waals surface area contributed by atoms with Gasteiger partial charge in [0.1, 0.15) is 12.2 Å². The monoisotopic (exact) mass is 286 g/mol. The molecule has 1 aromatic rings. The molecule has 1 aromatic heterocycles.